The van der Waals surface area contributed by atoms with Crippen LogP contribution >= 0.6 is 0 Å². The number of amides is 1. The first-order chi connectivity index (χ1) is 10.5. The molecule has 1 aliphatic rings. The molecule has 5 nitrogen and oxygen atoms in total. The molecule has 0 radical (unpaired) electrons. The number of benzene rings is 1. The van der Waals surface area contributed by atoms with E-state index in [-0.39, 0.29) is 18.6 Å². The highest BCUT2D eigenvalue weighted by atomic mass is 19.2. The van der Waals surface area contributed by atoms with Crippen molar-refractivity contribution in [1.29, 1.82) is 0 Å². The van der Waals surface area contributed by atoms with Crippen molar-refractivity contribution >= 4 is 5.91 Å². The van der Waals surface area contributed by atoms with E-state index in [2.05, 4.69) is 0 Å². The van der Waals surface area contributed by atoms with Crippen LogP contribution in [0.15, 0.2) is 18.2 Å². The normalized spacial score (nSPS) is 19.5. The van der Waals surface area contributed by atoms with Crippen molar-refractivity contribution < 1.29 is 23.8 Å². The molecule has 2 N–H and O–H groups in total. The first kappa shape index (κ1) is 16.8. The Balaban J connectivity index is 2.05. The topological polar surface area (TPSA) is 64.0 Å². The number of nitrogens with zero attached hydrogens (tertiary/aromatic N) is 2. The summed E-state index contributed by atoms with van der Waals surface area (Å²) >= 11 is 0. The van der Waals surface area contributed by atoms with Crippen LogP contribution in [0, 0.1) is 11.6 Å². The van der Waals surface area contributed by atoms with Gasteiger partial charge in [0.2, 0.25) is 5.91 Å². The lowest BCUT2D eigenvalue weighted by Gasteiger charge is -2.41. The minimum Gasteiger partial charge on any atom is -0.396 e. The molecule has 0 aromatic heterocycles. The zero-order valence-corrected chi connectivity index (χ0v) is 12.2. The van der Waals surface area contributed by atoms with Gasteiger partial charge in [0.15, 0.2) is 11.6 Å². The van der Waals surface area contributed by atoms with E-state index in [1.165, 1.54) is 6.07 Å². The first-order valence-electron chi connectivity index (χ1n) is 7.22. The number of piperazine rings is 1. The zero-order valence-electron chi connectivity index (χ0n) is 12.2. The van der Waals surface area contributed by atoms with Gasteiger partial charge in [-0.05, 0) is 24.1 Å². The molecule has 1 aromatic carbocycles. The minimum atomic E-state index is -0.884. The highest BCUT2D eigenvalue weighted by molar-refractivity contribution is 5.77. The summed E-state index contributed by atoms with van der Waals surface area (Å²) in [6.07, 6.45) is 0.471. The molecule has 0 aliphatic carbocycles. The summed E-state index contributed by atoms with van der Waals surface area (Å²) in [5, 5.41) is 18.1. The Labute approximate surface area is 127 Å². The molecule has 122 valence electrons. The van der Waals surface area contributed by atoms with Crippen molar-refractivity contribution in [2.24, 2.45) is 0 Å². The lowest BCUT2D eigenvalue weighted by atomic mass is 10.1. The number of carbonyl (C=O) groups excluding carboxylic acids is 1. The lowest BCUT2D eigenvalue weighted by Crippen LogP contribution is -2.55. The van der Waals surface area contributed by atoms with Gasteiger partial charge in [-0.3, -0.25) is 9.69 Å². The Morgan fingerprint density at radius 2 is 2.00 bits per heavy atom. The van der Waals surface area contributed by atoms with Crippen LogP contribution in [-0.2, 0) is 11.3 Å². The number of halogens is 2. The third-order valence-corrected chi connectivity index (χ3v) is 3.92. The lowest BCUT2D eigenvalue weighted by molar-refractivity contribution is -0.137. The fourth-order valence-corrected chi connectivity index (χ4v) is 2.72. The van der Waals surface area contributed by atoms with Crippen LogP contribution in [0.1, 0.15) is 12.0 Å². The second-order valence-electron chi connectivity index (χ2n) is 5.38. The van der Waals surface area contributed by atoms with Gasteiger partial charge in [-0.25, -0.2) is 8.78 Å². The van der Waals surface area contributed by atoms with E-state index in [9.17, 15) is 18.7 Å². The van der Waals surface area contributed by atoms with Gasteiger partial charge in [-0.2, -0.15) is 0 Å². The van der Waals surface area contributed by atoms with Gasteiger partial charge in [0, 0.05) is 38.8 Å². The van der Waals surface area contributed by atoms with Crippen LogP contribution < -0.4 is 0 Å². The molecular formula is C15H20F2N2O3. The Bertz CT molecular complexity index is 528. The SMILES string of the molecule is O=C(CO)N1CCN(Cc2ccc(F)c(F)c2)[C@@H](CCO)C1. The van der Waals surface area contributed by atoms with E-state index in [1.807, 2.05) is 4.90 Å². The Morgan fingerprint density at radius 3 is 2.64 bits per heavy atom. The van der Waals surface area contributed by atoms with Crippen LogP contribution in [0.25, 0.3) is 0 Å². The number of carbonyl (C=O) groups is 1. The van der Waals surface area contributed by atoms with E-state index in [4.69, 9.17) is 5.11 Å². The summed E-state index contributed by atoms with van der Waals surface area (Å²) < 4.78 is 26.2. The molecule has 22 heavy (non-hydrogen) atoms. The van der Waals surface area contributed by atoms with Crippen LogP contribution in [0.3, 0.4) is 0 Å². The second kappa shape index (κ2) is 7.62. The summed E-state index contributed by atoms with van der Waals surface area (Å²) in [7, 11) is 0. The van der Waals surface area contributed by atoms with Gasteiger partial charge in [0.05, 0.1) is 0 Å². The number of hydrogen-bond donors (Lipinski definition) is 2. The maximum atomic E-state index is 13.3. The molecule has 2 rings (SSSR count). The molecule has 1 amide bonds. The van der Waals surface area contributed by atoms with Crippen molar-refractivity contribution in [3.05, 3.63) is 35.4 Å². The number of rotatable bonds is 5. The van der Waals surface area contributed by atoms with E-state index >= 15 is 0 Å². The molecule has 1 aromatic rings. The molecule has 7 heteroatoms. The highest BCUT2D eigenvalue weighted by Gasteiger charge is 2.28. The number of aliphatic hydroxyl groups is 2. The van der Waals surface area contributed by atoms with Crippen molar-refractivity contribution in [2.75, 3.05) is 32.8 Å². The fourth-order valence-electron chi connectivity index (χ4n) is 2.72. The number of aliphatic hydroxyl groups excluding tert-OH is 2. The molecule has 1 atom stereocenters. The summed E-state index contributed by atoms with van der Waals surface area (Å²) in [5.74, 6) is -2.10. The predicted octanol–water partition coefficient (Wildman–Crippen LogP) is 0.352. The molecule has 1 fully saturated rings. The second-order valence-corrected chi connectivity index (χ2v) is 5.38. The van der Waals surface area contributed by atoms with E-state index < -0.39 is 18.2 Å². The van der Waals surface area contributed by atoms with E-state index in [1.54, 1.807) is 4.90 Å². The van der Waals surface area contributed by atoms with E-state index in [0.29, 0.717) is 38.2 Å². The summed E-state index contributed by atoms with van der Waals surface area (Å²) in [6, 6.07) is 3.70. The quantitative estimate of drug-likeness (QED) is 0.823. The molecule has 1 saturated heterocycles. The zero-order chi connectivity index (χ0) is 16.1. The molecular weight excluding hydrogens is 294 g/mol. The maximum absolute atomic E-state index is 13.3. The average Bonchev–Trinajstić information content (AvgIpc) is 2.52. The molecule has 0 spiro atoms. The van der Waals surface area contributed by atoms with Crippen molar-refractivity contribution in [3.8, 4) is 0 Å². The van der Waals surface area contributed by atoms with Gasteiger partial charge in [0.25, 0.3) is 0 Å². The minimum absolute atomic E-state index is 0.0277. The average molecular weight is 314 g/mol. The van der Waals surface area contributed by atoms with Gasteiger partial charge in [-0.1, -0.05) is 6.07 Å². The van der Waals surface area contributed by atoms with Gasteiger partial charge in [0.1, 0.15) is 6.61 Å². The third kappa shape index (κ3) is 4.00. The largest absolute Gasteiger partial charge is 0.396 e. The fraction of sp³-hybridized carbons (Fsp3) is 0.533. The van der Waals surface area contributed by atoms with Crippen molar-refractivity contribution in [3.63, 3.8) is 0 Å². The van der Waals surface area contributed by atoms with Crippen LogP contribution in [0.4, 0.5) is 8.78 Å². The standard InChI is InChI=1S/C15H20F2N2O3/c16-13-2-1-11(7-14(13)17)8-18-4-5-19(15(22)10-21)9-12(18)3-6-20/h1-2,7,12,20-21H,3-6,8-10H2/t12-/m0/s1. The Hall–Kier alpha value is -1.57. The third-order valence-electron chi connectivity index (χ3n) is 3.92. The summed E-state index contributed by atoms with van der Waals surface area (Å²) in [6.45, 7) is 1.28. The predicted molar refractivity (Wildman–Crippen MR) is 75.9 cm³/mol. The van der Waals surface area contributed by atoms with Crippen LogP contribution in [-0.4, -0.2) is 64.8 Å². The first-order valence-corrected chi connectivity index (χ1v) is 7.22. The Kier molecular flexibility index (Phi) is 5.82. The molecule has 0 saturated carbocycles. The van der Waals surface area contributed by atoms with Gasteiger partial charge < -0.3 is 15.1 Å². The smallest absolute Gasteiger partial charge is 0.248 e. The molecule has 0 bridgehead atoms. The Morgan fingerprint density at radius 1 is 1.23 bits per heavy atom. The van der Waals surface area contributed by atoms with Crippen LogP contribution in [0.5, 0.6) is 0 Å². The monoisotopic (exact) mass is 314 g/mol. The molecule has 1 heterocycles. The van der Waals surface area contributed by atoms with Crippen molar-refractivity contribution in [2.45, 2.75) is 19.0 Å². The molecule has 0 unspecified atom stereocenters. The van der Waals surface area contributed by atoms with Crippen LogP contribution in [0.2, 0.25) is 0 Å². The summed E-state index contributed by atoms with van der Waals surface area (Å²) in [4.78, 5) is 15.2. The number of hydrogen-bond acceptors (Lipinski definition) is 4. The van der Waals surface area contributed by atoms with Crippen molar-refractivity contribution in [1.82, 2.24) is 9.80 Å². The highest BCUT2D eigenvalue weighted by Crippen LogP contribution is 2.18. The molecule has 1 aliphatic heterocycles. The summed E-state index contributed by atoms with van der Waals surface area (Å²) in [5.41, 5.74) is 0.642. The van der Waals surface area contributed by atoms with Gasteiger partial charge >= 0.3 is 0 Å². The van der Waals surface area contributed by atoms with Gasteiger partial charge in [-0.15, -0.1) is 0 Å². The maximum Gasteiger partial charge on any atom is 0.248 e. The van der Waals surface area contributed by atoms with E-state index in [0.717, 1.165) is 12.1 Å².